The highest BCUT2D eigenvalue weighted by atomic mass is 79.9. The molecular weight excluding hydrogens is 292 g/mol. The Bertz CT molecular complexity index is 367. The fourth-order valence-electron chi connectivity index (χ4n) is 2.63. The van der Waals surface area contributed by atoms with E-state index in [0.29, 0.717) is 12.6 Å². The Balaban J connectivity index is 2.23. The van der Waals surface area contributed by atoms with Crippen LogP contribution in [0.4, 0.5) is 5.82 Å². The topological polar surface area (TPSA) is 25.4 Å². The number of aromatic nitrogens is 1. The van der Waals surface area contributed by atoms with Gasteiger partial charge in [-0.15, -0.1) is 0 Å². The lowest BCUT2D eigenvalue weighted by atomic mass is 10.2. The number of hydrogen-bond acceptors (Lipinski definition) is 3. The summed E-state index contributed by atoms with van der Waals surface area (Å²) in [5, 5.41) is 0.964. The van der Waals surface area contributed by atoms with E-state index < -0.39 is 0 Å². The summed E-state index contributed by atoms with van der Waals surface area (Å²) in [7, 11) is 0. The number of rotatable bonds is 6. The summed E-state index contributed by atoms with van der Waals surface area (Å²) >= 11 is 3.55. The van der Waals surface area contributed by atoms with Crippen molar-refractivity contribution in [1.29, 1.82) is 0 Å². The lowest BCUT2D eigenvalue weighted by Crippen LogP contribution is -2.35. The number of ether oxygens (including phenoxy) is 1. The SMILES string of the molecule is CCOc1cccnc1N(CCBr)C1CCCC1. The number of alkyl halides is 1. The number of hydrogen-bond donors (Lipinski definition) is 0. The molecule has 1 saturated carbocycles. The van der Waals surface area contributed by atoms with Crippen molar-refractivity contribution < 1.29 is 4.74 Å². The molecule has 4 heteroatoms. The van der Waals surface area contributed by atoms with E-state index in [9.17, 15) is 0 Å². The molecule has 18 heavy (non-hydrogen) atoms. The van der Waals surface area contributed by atoms with Gasteiger partial charge in [0.05, 0.1) is 6.61 Å². The molecule has 0 amide bonds. The van der Waals surface area contributed by atoms with Crippen molar-refractivity contribution in [3.05, 3.63) is 18.3 Å². The molecule has 0 aromatic carbocycles. The Morgan fingerprint density at radius 2 is 2.22 bits per heavy atom. The molecule has 1 fully saturated rings. The van der Waals surface area contributed by atoms with Crippen LogP contribution in [-0.4, -0.2) is 29.5 Å². The Morgan fingerprint density at radius 1 is 1.44 bits per heavy atom. The third-order valence-corrected chi connectivity index (χ3v) is 3.77. The lowest BCUT2D eigenvalue weighted by Gasteiger charge is -2.30. The van der Waals surface area contributed by atoms with Crippen molar-refractivity contribution in [3.63, 3.8) is 0 Å². The summed E-state index contributed by atoms with van der Waals surface area (Å²) in [6.07, 6.45) is 7.07. The summed E-state index contributed by atoms with van der Waals surface area (Å²) < 4.78 is 5.70. The Morgan fingerprint density at radius 3 is 2.89 bits per heavy atom. The molecule has 1 aliphatic carbocycles. The number of anilines is 1. The summed E-state index contributed by atoms with van der Waals surface area (Å²) in [6, 6.07) is 4.58. The predicted molar refractivity (Wildman–Crippen MR) is 78.8 cm³/mol. The van der Waals surface area contributed by atoms with E-state index in [0.717, 1.165) is 23.4 Å². The first-order valence-electron chi connectivity index (χ1n) is 6.77. The zero-order valence-electron chi connectivity index (χ0n) is 10.9. The fourth-order valence-corrected chi connectivity index (χ4v) is 3.02. The van der Waals surface area contributed by atoms with Crippen LogP contribution < -0.4 is 9.64 Å². The van der Waals surface area contributed by atoms with E-state index in [-0.39, 0.29) is 0 Å². The first-order chi connectivity index (χ1) is 8.86. The molecule has 0 aliphatic heterocycles. The Hall–Kier alpha value is -0.770. The van der Waals surface area contributed by atoms with Gasteiger partial charge in [-0.1, -0.05) is 28.8 Å². The minimum absolute atomic E-state index is 0.622. The molecule has 0 spiro atoms. The fraction of sp³-hybridized carbons (Fsp3) is 0.643. The van der Waals surface area contributed by atoms with Gasteiger partial charge in [-0.3, -0.25) is 0 Å². The normalized spacial score (nSPS) is 15.9. The number of nitrogens with zero attached hydrogens (tertiary/aromatic N) is 2. The van der Waals surface area contributed by atoms with Gasteiger partial charge < -0.3 is 9.64 Å². The first-order valence-corrected chi connectivity index (χ1v) is 7.89. The molecule has 0 radical (unpaired) electrons. The van der Waals surface area contributed by atoms with Crippen molar-refractivity contribution in [2.24, 2.45) is 0 Å². The van der Waals surface area contributed by atoms with Crippen molar-refractivity contribution in [3.8, 4) is 5.75 Å². The van der Waals surface area contributed by atoms with Crippen LogP contribution in [0.25, 0.3) is 0 Å². The van der Waals surface area contributed by atoms with Crippen molar-refractivity contribution in [2.45, 2.75) is 38.6 Å². The molecule has 1 aliphatic rings. The monoisotopic (exact) mass is 312 g/mol. The average molecular weight is 313 g/mol. The minimum Gasteiger partial charge on any atom is -0.490 e. The van der Waals surface area contributed by atoms with Gasteiger partial charge >= 0.3 is 0 Å². The summed E-state index contributed by atoms with van der Waals surface area (Å²) in [4.78, 5) is 6.95. The molecular formula is C14H21BrN2O. The van der Waals surface area contributed by atoms with Crippen molar-refractivity contribution in [2.75, 3.05) is 23.4 Å². The van der Waals surface area contributed by atoms with Crippen LogP contribution in [0.1, 0.15) is 32.6 Å². The first kappa shape index (κ1) is 13.7. The zero-order valence-corrected chi connectivity index (χ0v) is 12.5. The van der Waals surface area contributed by atoms with Gasteiger partial charge in [0.2, 0.25) is 0 Å². The molecule has 2 rings (SSSR count). The molecule has 0 bridgehead atoms. The van der Waals surface area contributed by atoms with E-state index in [1.54, 1.807) is 0 Å². The van der Waals surface area contributed by atoms with Gasteiger partial charge in [-0.05, 0) is 31.9 Å². The predicted octanol–water partition coefficient (Wildman–Crippen LogP) is 3.62. The molecule has 1 aromatic heterocycles. The third-order valence-electron chi connectivity index (χ3n) is 3.41. The van der Waals surface area contributed by atoms with Gasteiger partial charge in [0.1, 0.15) is 0 Å². The van der Waals surface area contributed by atoms with Gasteiger partial charge in [-0.2, -0.15) is 0 Å². The van der Waals surface area contributed by atoms with Crippen molar-refractivity contribution in [1.82, 2.24) is 4.98 Å². The second-order valence-corrected chi connectivity index (χ2v) is 5.37. The average Bonchev–Trinajstić information content (AvgIpc) is 2.91. The zero-order chi connectivity index (χ0) is 12.8. The van der Waals surface area contributed by atoms with Gasteiger partial charge in [-0.25, -0.2) is 4.98 Å². The van der Waals surface area contributed by atoms with Crippen molar-refractivity contribution >= 4 is 21.7 Å². The quantitative estimate of drug-likeness (QED) is 0.750. The van der Waals surface area contributed by atoms with Gasteiger partial charge in [0, 0.05) is 24.1 Å². The smallest absolute Gasteiger partial charge is 0.171 e. The van der Waals surface area contributed by atoms with Crippen LogP contribution in [0.5, 0.6) is 5.75 Å². The molecule has 3 nitrogen and oxygen atoms in total. The third kappa shape index (κ3) is 3.16. The largest absolute Gasteiger partial charge is 0.490 e. The van der Waals surface area contributed by atoms with Crippen LogP contribution >= 0.6 is 15.9 Å². The number of halogens is 1. The molecule has 0 N–H and O–H groups in total. The lowest BCUT2D eigenvalue weighted by molar-refractivity contribution is 0.338. The van der Waals surface area contributed by atoms with E-state index in [2.05, 4.69) is 25.8 Å². The van der Waals surface area contributed by atoms with E-state index in [1.807, 2.05) is 25.3 Å². The van der Waals surface area contributed by atoms with Crippen LogP contribution in [0.15, 0.2) is 18.3 Å². The maximum atomic E-state index is 5.70. The van der Waals surface area contributed by atoms with E-state index in [1.165, 1.54) is 25.7 Å². The second kappa shape index (κ2) is 6.98. The summed E-state index contributed by atoms with van der Waals surface area (Å²) in [6.45, 7) is 3.69. The molecule has 0 saturated heterocycles. The van der Waals surface area contributed by atoms with Gasteiger partial charge in [0.15, 0.2) is 11.6 Å². The molecule has 100 valence electrons. The Kier molecular flexibility index (Phi) is 5.29. The van der Waals surface area contributed by atoms with E-state index >= 15 is 0 Å². The van der Waals surface area contributed by atoms with Crippen LogP contribution in [0.3, 0.4) is 0 Å². The van der Waals surface area contributed by atoms with Crippen LogP contribution in [0.2, 0.25) is 0 Å². The second-order valence-electron chi connectivity index (χ2n) is 4.58. The highest BCUT2D eigenvalue weighted by Crippen LogP contribution is 2.32. The molecule has 0 atom stereocenters. The van der Waals surface area contributed by atoms with Crippen LogP contribution in [-0.2, 0) is 0 Å². The number of pyridine rings is 1. The highest BCUT2D eigenvalue weighted by molar-refractivity contribution is 9.09. The molecule has 0 unspecified atom stereocenters. The van der Waals surface area contributed by atoms with Gasteiger partial charge in [0.25, 0.3) is 0 Å². The minimum atomic E-state index is 0.622. The maximum Gasteiger partial charge on any atom is 0.171 e. The summed E-state index contributed by atoms with van der Waals surface area (Å²) in [5.74, 6) is 1.92. The summed E-state index contributed by atoms with van der Waals surface area (Å²) in [5.41, 5.74) is 0. The Labute approximate surface area is 118 Å². The standard InChI is InChI=1S/C14H21BrN2O/c1-2-18-13-8-5-10-16-14(13)17(11-9-15)12-6-3-4-7-12/h5,8,10,12H,2-4,6-7,9,11H2,1H3. The molecule has 1 heterocycles. The highest BCUT2D eigenvalue weighted by Gasteiger charge is 2.25. The van der Waals surface area contributed by atoms with E-state index in [4.69, 9.17) is 4.74 Å². The maximum absolute atomic E-state index is 5.70. The molecule has 1 aromatic rings. The van der Waals surface area contributed by atoms with Crippen LogP contribution in [0, 0.1) is 0 Å².